The van der Waals surface area contributed by atoms with E-state index >= 15 is 0 Å². The van der Waals surface area contributed by atoms with Crippen molar-refractivity contribution in [2.45, 2.75) is 12.6 Å². The van der Waals surface area contributed by atoms with Crippen molar-refractivity contribution in [3.05, 3.63) is 68.7 Å². The number of alkyl halides is 3. The molecule has 1 saturated heterocycles. The van der Waals surface area contributed by atoms with E-state index in [1.54, 1.807) is 29.3 Å². The highest BCUT2D eigenvalue weighted by molar-refractivity contribution is 9.10. The molecule has 3 aromatic rings. The molecule has 2 aliphatic heterocycles. The molecular formula is C23H16BrF3N4O3S. The van der Waals surface area contributed by atoms with Crippen LogP contribution in [0.1, 0.15) is 16.7 Å². The minimum absolute atomic E-state index is 0.0206. The lowest BCUT2D eigenvalue weighted by atomic mass is 9.93. The molecule has 2 aliphatic rings. The largest absolute Gasteiger partial charge is 0.481 e. The number of H-pyrrole nitrogens is 1. The molecule has 2 N–H and O–H groups in total. The van der Waals surface area contributed by atoms with Gasteiger partial charge in [-0.25, -0.2) is 0 Å². The number of carbonyl (C=O) groups excluding carboxylic acids is 1. The average Bonchev–Trinajstić information content (AvgIpc) is 3.37. The summed E-state index contributed by atoms with van der Waals surface area (Å²) in [5, 5.41) is 17.0. The molecule has 0 atom stereocenters. The third-order valence-corrected chi connectivity index (χ3v) is 7.54. The van der Waals surface area contributed by atoms with Crippen LogP contribution in [0.25, 0.3) is 16.5 Å². The van der Waals surface area contributed by atoms with Gasteiger partial charge in [0.25, 0.3) is 5.91 Å². The van der Waals surface area contributed by atoms with Gasteiger partial charge >= 0.3 is 12.1 Å². The zero-order chi connectivity index (χ0) is 24.9. The lowest BCUT2D eigenvalue weighted by Crippen LogP contribution is -2.51. The number of amidine groups is 1. The quantitative estimate of drug-likeness (QED) is 0.435. The third-order valence-electron chi connectivity index (χ3n) is 5.89. The lowest BCUT2D eigenvalue weighted by Gasteiger charge is -2.37. The summed E-state index contributed by atoms with van der Waals surface area (Å²) in [6, 6.07) is 9.19. The molecule has 0 aliphatic carbocycles. The second-order valence-corrected chi connectivity index (χ2v) is 10.1. The van der Waals surface area contributed by atoms with Gasteiger partial charge in [-0.2, -0.15) is 23.3 Å². The second-order valence-electron chi connectivity index (χ2n) is 8.20. The number of benzene rings is 2. The van der Waals surface area contributed by atoms with E-state index in [-0.39, 0.29) is 30.0 Å². The summed E-state index contributed by atoms with van der Waals surface area (Å²) in [4.78, 5) is 30.1. The summed E-state index contributed by atoms with van der Waals surface area (Å²) in [5.41, 5.74) is 0.963. The molecule has 1 amide bonds. The Kier molecular flexibility index (Phi) is 5.96. The number of aliphatic carboxylic acids is 1. The van der Waals surface area contributed by atoms with Gasteiger partial charge in [0.05, 0.1) is 28.1 Å². The minimum Gasteiger partial charge on any atom is -0.481 e. The van der Waals surface area contributed by atoms with Crippen LogP contribution in [0.5, 0.6) is 0 Å². The predicted molar refractivity (Wildman–Crippen MR) is 129 cm³/mol. The number of rotatable bonds is 4. The first-order chi connectivity index (χ1) is 16.6. The van der Waals surface area contributed by atoms with E-state index in [0.717, 1.165) is 28.7 Å². The first kappa shape index (κ1) is 23.6. The predicted octanol–water partition coefficient (Wildman–Crippen LogP) is 4.94. The second kappa shape index (κ2) is 8.83. The van der Waals surface area contributed by atoms with Crippen molar-refractivity contribution in [2.75, 3.05) is 13.1 Å². The number of hydrogen-bond donors (Lipinski definition) is 2. The summed E-state index contributed by atoms with van der Waals surface area (Å²) in [6.45, 7) is 0.450. The van der Waals surface area contributed by atoms with Crippen LogP contribution in [0.4, 0.5) is 13.2 Å². The summed E-state index contributed by atoms with van der Waals surface area (Å²) in [7, 11) is 0. The monoisotopic (exact) mass is 564 g/mol. The average molecular weight is 565 g/mol. The highest BCUT2D eigenvalue weighted by Gasteiger charge is 2.39. The number of halogens is 4. The van der Waals surface area contributed by atoms with Gasteiger partial charge in [-0.05, 0) is 59.1 Å². The maximum Gasteiger partial charge on any atom is 0.416 e. The Labute approximate surface area is 209 Å². The van der Waals surface area contributed by atoms with Crippen LogP contribution in [0.3, 0.4) is 0 Å². The van der Waals surface area contributed by atoms with E-state index < -0.39 is 29.5 Å². The van der Waals surface area contributed by atoms with Crippen LogP contribution in [0.15, 0.2) is 57.0 Å². The topological polar surface area (TPSA) is 98.6 Å². The molecule has 0 bridgehead atoms. The maximum absolute atomic E-state index is 13.8. The molecule has 3 heterocycles. The minimum atomic E-state index is -4.58. The van der Waals surface area contributed by atoms with Gasteiger partial charge in [-0.15, -0.1) is 0 Å². The van der Waals surface area contributed by atoms with Crippen LogP contribution < -0.4 is 0 Å². The Hall–Kier alpha value is -3.12. The number of thioether (sulfide) groups is 1. The van der Waals surface area contributed by atoms with Gasteiger partial charge in [0.2, 0.25) is 0 Å². The summed E-state index contributed by atoms with van der Waals surface area (Å²) in [6.07, 6.45) is -3.14. The molecule has 5 rings (SSSR count). The van der Waals surface area contributed by atoms with Gasteiger partial charge < -0.3 is 10.0 Å². The number of carboxylic acid groups (broad SMARTS) is 1. The number of carboxylic acids is 1. The molecule has 0 radical (unpaired) electrons. The van der Waals surface area contributed by atoms with Gasteiger partial charge in [0.1, 0.15) is 0 Å². The Morgan fingerprint density at radius 2 is 2.00 bits per heavy atom. The lowest BCUT2D eigenvalue weighted by molar-refractivity contribution is -0.145. The number of aromatic nitrogens is 2. The van der Waals surface area contributed by atoms with Crippen LogP contribution >= 0.6 is 27.7 Å². The first-order valence-corrected chi connectivity index (χ1v) is 12.0. The molecule has 35 heavy (non-hydrogen) atoms. The molecule has 1 aromatic heterocycles. The van der Waals surface area contributed by atoms with Crippen molar-refractivity contribution < 1.29 is 27.9 Å². The molecule has 7 nitrogen and oxygen atoms in total. The highest BCUT2D eigenvalue weighted by Crippen LogP contribution is 2.41. The van der Waals surface area contributed by atoms with E-state index in [1.165, 1.54) is 12.1 Å². The van der Waals surface area contributed by atoms with E-state index in [1.807, 2.05) is 0 Å². The van der Waals surface area contributed by atoms with Crippen molar-refractivity contribution in [3.63, 3.8) is 0 Å². The van der Waals surface area contributed by atoms with Crippen molar-refractivity contribution in [1.82, 2.24) is 15.1 Å². The summed E-state index contributed by atoms with van der Waals surface area (Å²) < 4.78 is 41.8. The van der Waals surface area contributed by atoms with Crippen LogP contribution in [0, 0.1) is 5.92 Å². The molecule has 0 unspecified atom stereocenters. The third kappa shape index (κ3) is 4.59. The number of aromatic amines is 1. The fourth-order valence-electron chi connectivity index (χ4n) is 4.01. The van der Waals surface area contributed by atoms with Gasteiger partial charge in [-0.1, -0.05) is 28.1 Å². The molecule has 180 valence electrons. The maximum atomic E-state index is 13.8. The zero-order valence-corrected chi connectivity index (χ0v) is 20.2. The van der Waals surface area contributed by atoms with Crippen LogP contribution in [-0.4, -0.2) is 50.3 Å². The number of hydrogen-bond acceptors (Lipinski definition) is 5. The molecule has 12 heteroatoms. The van der Waals surface area contributed by atoms with Crippen molar-refractivity contribution in [3.8, 4) is 0 Å². The van der Waals surface area contributed by atoms with Gasteiger partial charge in [-0.3, -0.25) is 14.7 Å². The summed E-state index contributed by atoms with van der Waals surface area (Å²) in [5.74, 6) is -2.02. The normalized spacial score (nSPS) is 18.1. The number of carbonyl (C=O) groups is 2. The fourth-order valence-corrected chi connectivity index (χ4v) is 5.41. The SMILES string of the molecule is O=C1N=C(N2CC(C(=O)O)C2)SC1=C(Cc1ccc(Br)cc1C(F)(F)F)c1ccc2[nH]ncc2c1. The van der Waals surface area contributed by atoms with E-state index in [0.29, 0.717) is 20.8 Å². The van der Waals surface area contributed by atoms with Crippen molar-refractivity contribution in [2.24, 2.45) is 10.9 Å². The molecule has 1 fully saturated rings. The van der Waals surface area contributed by atoms with Crippen molar-refractivity contribution >= 4 is 61.2 Å². The molecule has 2 aromatic carbocycles. The van der Waals surface area contributed by atoms with E-state index in [2.05, 4.69) is 31.1 Å². The van der Waals surface area contributed by atoms with Crippen LogP contribution in [-0.2, 0) is 22.2 Å². The number of allylic oxidation sites excluding steroid dienone is 1. The number of aliphatic imine (C=N–C) groups is 1. The first-order valence-electron chi connectivity index (χ1n) is 10.4. The fraction of sp³-hybridized carbons (Fsp3) is 0.217. The van der Waals surface area contributed by atoms with Gasteiger partial charge in [0.15, 0.2) is 5.17 Å². The number of likely N-dealkylation sites (tertiary alicyclic amines) is 1. The Morgan fingerprint density at radius 1 is 1.23 bits per heavy atom. The molecule has 0 saturated carbocycles. The summed E-state index contributed by atoms with van der Waals surface area (Å²) >= 11 is 4.17. The van der Waals surface area contributed by atoms with Gasteiger partial charge in [0, 0.05) is 22.9 Å². The highest BCUT2D eigenvalue weighted by atomic mass is 79.9. The number of amides is 1. The molecular weight excluding hydrogens is 549 g/mol. The standard InChI is InChI=1S/C23H16BrF3N4O3S/c24-15-3-1-12(17(7-15)23(25,26)27)6-16(11-2-4-18-13(5-11)8-28-30-18)19-20(32)29-22(35-19)31-9-14(10-31)21(33)34/h1-5,7-8,14H,6,9-10H2,(H,28,30)(H,33,34). The Balaban J connectivity index is 1.56. The number of nitrogens with zero attached hydrogens (tertiary/aromatic N) is 3. The molecule has 0 spiro atoms. The number of fused-ring (bicyclic) bond motifs is 1. The zero-order valence-electron chi connectivity index (χ0n) is 17.8. The smallest absolute Gasteiger partial charge is 0.416 e. The van der Waals surface area contributed by atoms with Crippen molar-refractivity contribution in [1.29, 1.82) is 0 Å². The Bertz CT molecular complexity index is 1430. The van der Waals surface area contributed by atoms with E-state index in [4.69, 9.17) is 5.11 Å². The van der Waals surface area contributed by atoms with Crippen LogP contribution in [0.2, 0.25) is 0 Å². The number of nitrogens with one attached hydrogen (secondary N) is 1. The van der Waals surface area contributed by atoms with E-state index in [9.17, 15) is 22.8 Å². The Morgan fingerprint density at radius 3 is 2.71 bits per heavy atom.